The second kappa shape index (κ2) is 18.2. The van der Waals surface area contributed by atoms with Crippen molar-refractivity contribution in [1.82, 2.24) is 5.32 Å². The zero-order chi connectivity index (χ0) is 20.1. The van der Waals surface area contributed by atoms with E-state index < -0.39 is 20.5 Å². The zero-order valence-corrected chi connectivity index (χ0v) is 22.7. The quantitative estimate of drug-likeness (QED) is 0.134. The van der Waals surface area contributed by atoms with Crippen molar-refractivity contribution in [3.8, 4) is 5.75 Å². The van der Waals surface area contributed by atoms with Gasteiger partial charge in [-0.15, -0.1) is 0 Å². The number of phosphoric acid groups is 1. The van der Waals surface area contributed by atoms with E-state index in [2.05, 4.69) is 16.8 Å². The zero-order valence-electron chi connectivity index (χ0n) is 17.8. The average molecular weight is 447 g/mol. The molecule has 0 fully saturated rings. The van der Waals surface area contributed by atoms with Crippen molar-refractivity contribution in [2.45, 2.75) is 51.5 Å². The van der Waals surface area contributed by atoms with E-state index in [-0.39, 0.29) is 71.8 Å². The van der Waals surface area contributed by atoms with Crippen LogP contribution in [0.4, 0.5) is 0 Å². The van der Waals surface area contributed by atoms with E-state index in [0.717, 1.165) is 32.1 Å². The standard InChI is InChI=1S/C18H30NO7P.2Na/c1-3-4-5-6-7-11-18(20)19-17(13-26-27(21,22)23)15-9-8-10-16(12-15)25-14-24-2;;/h8-10,12,17H,3-7,11,13-14H2,1-2H3,(H,19,20)(H2,21,22,23);;/q;2*+1/p-2. The van der Waals surface area contributed by atoms with Crippen molar-refractivity contribution in [2.24, 2.45) is 0 Å². The van der Waals surface area contributed by atoms with Gasteiger partial charge >= 0.3 is 59.1 Å². The molecule has 1 rings (SSSR count). The van der Waals surface area contributed by atoms with Gasteiger partial charge in [0.2, 0.25) is 5.91 Å². The molecule has 0 aliphatic heterocycles. The molecule has 0 heterocycles. The van der Waals surface area contributed by atoms with Crippen LogP contribution in [-0.2, 0) is 18.6 Å². The van der Waals surface area contributed by atoms with Crippen LogP contribution in [0.15, 0.2) is 24.3 Å². The SMILES string of the molecule is CCCCCCCC(=O)NC(COP(=O)([O-])[O-])c1cccc(OCOC)c1.[Na+].[Na+]. The van der Waals surface area contributed by atoms with Gasteiger partial charge in [-0.3, -0.25) is 4.79 Å². The van der Waals surface area contributed by atoms with Gasteiger partial charge in [-0.1, -0.05) is 44.7 Å². The normalized spacial score (nSPS) is 11.7. The first-order valence-electron chi connectivity index (χ1n) is 9.03. The van der Waals surface area contributed by atoms with Crippen LogP contribution in [-0.4, -0.2) is 26.4 Å². The van der Waals surface area contributed by atoms with E-state index in [9.17, 15) is 19.1 Å². The van der Waals surface area contributed by atoms with Crippen LogP contribution in [0, 0.1) is 0 Å². The minimum absolute atomic E-state index is 0. The van der Waals surface area contributed by atoms with E-state index >= 15 is 0 Å². The molecule has 1 N–H and O–H groups in total. The smallest absolute Gasteiger partial charge is 0.790 e. The largest absolute Gasteiger partial charge is 1.00 e. The molecule has 0 spiro atoms. The number of ether oxygens (including phenoxy) is 2. The second-order valence-corrected chi connectivity index (χ2v) is 7.30. The number of unbranched alkanes of at least 4 members (excludes halogenated alkanes) is 4. The first-order valence-corrected chi connectivity index (χ1v) is 10.5. The van der Waals surface area contributed by atoms with E-state index in [4.69, 9.17) is 9.47 Å². The molecular formula is C18H28NNa2O7P. The Balaban J connectivity index is 0. The van der Waals surface area contributed by atoms with Gasteiger partial charge in [0.25, 0.3) is 0 Å². The molecular weight excluding hydrogens is 419 g/mol. The summed E-state index contributed by atoms with van der Waals surface area (Å²) in [5.41, 5.74) is 0.566. The molecule has 1 aromatic rings. The summed E-state index contributed by atoms with van der Waals surface area (Å²) in [6, 6.07) is 5.93. The van der Waals surface area contributed by atoms with Gasteiger partial charge in [0.15, 0.2) is 6.79 Å². The topological polar surface area (TPSA) is 120 Å². The fourth-order valence-corrected chi connectivity index (χ4v) is 2.82. The molecule has 8 nitrogen and oxygen atoms in total. The molecule has 0 aliphatic carbocycles. The number of nitrogens with one attached hydrogen (secondary N) is 1. The van der Waals surface area contributed by atoms with Crippen LogP contribution >= 0.6 is 7.82 Å². The summed E-state index contributed by atoms with van der Waals surface area (Å²) in [6.45, 7) is 1.69. The third kappa shape index (κ3) is 15.9. The van der Waals surface area contributed by atoms with Gasteiger partial charge in [0.05, 0.1) is 20.5 Å². The molecule has 11 heteroatoms. The molecule has 0 bridgehead atoms. The number of carbonyl (C=O) groups excluding carboxylic acids is 1. The number of benzene rings is 1. The molecule has 0 saturated heterocycles. The van der Waals surface area contributed by atoms with Gasteiger partial charge in [0, 0.05) is 13.5 Å². The van der Waals surface area contributed by atoms with Gasteiger partial charge in [-0.25, -0.2) is 0 Å². The van der Waals surface area contributed by atoms with E-state index in [1.165, 1.54) is 7.11 Å². The Morgan fingerprint density at radius 3 is 2.48 bits per heavy atom. The van der Waals surface area contributed by atoms with Crippen LogP contribution < -0.4 is 79.0 Å². The maximum Gasteiger partial charge on any atom is 1.00 e. The van der Waals surface area contributed by atoms with Gasteiger partial charge < -0.3 is 33.7 Å². The number of rotatable bonds is 14. The Hall–Kier alpha value is 0.560. The Kier molecular flexibility index (Phi) is 19.9. The maximum atomic E-state index is 12.2. The van der Waals surface area contributed by atoms with Crippen LogP contribution in [0.2, 0.25) is 0 Å². The third-order valence-electron chi connectivity index (χ3n) is 3.85. The molecule has 1 amide bonds. The predicted molar refractivity (Wildman–Crippen MR) is 96.8 cm³/mol. The Labute approximate surface area is 217 Å². The summed E-state index contributed by atoms with van der Waals surface area (Å²) in [5.74, 6) is 0.260. The number of phosphoric ester groups is 1. The molecule has 1 aromatic carbocycles. The maximum absolute atomic E-state index is 12.2. The molecule has 1 atom stereocenters. The average Bonchev–Trinajstić information content (AvgIpc) is 2.62. The van der Waals surface area contributed by atoms with Crippen molar-refractivity contribution >= 4 is 13.7 Å². The molecule has 0 saturated carbocycles. The number of amides is 1. The summed E-state index contributed by atoms with van der Waals surface area (Å²) < 4.78 is 25.4. The monoisotopic (exact) mass is 447 g/mol. The van der Waals surface area contributed by atoms with Crippen molar-refractivity contribution in [3.63, 3.8) is 0 Å². The summed E-state index contributed by atoms with van der Waals surface area (Å²) in [5, 5.41) is 2.73. The summed E-state index contributed by atoms with van der Waals surface area (Å²) in [6.07, 6.45) is 5.36. The molecule has 154 valence electrons. The Morgan fingerprint density at radius 2 is 1.86 bits per heavy atom. The first kappa shape index (κ1) is 31.7. The minimum Gasteiger partial charge on any atom is -0.790 e. The summed E-state index contributed by atoms with van der Waals surface area (Å²) >= 11 is 0. The molecule has 0 aromatic heterocycles. The summed E-state index contributed by atoms with van der Waals surface area (Å²) in [4.78, 5) is 33.9. The second-order valence-electron chi connectivity index (χ2n) is 6.15. The van der Waals surface area contributed by atoms with Crippen LogP contribution in [0.3, 0.4) is 0 Å². The van der Waals surface area contributed by atoms with Gasteiger partial charge in [0.1, 0.15) is 5.75 Å². The predicted octanol–water partition coefficient (Wildman–Crippen LogP) is -3.96. The van der Waals surface area contributed by atoms with E-state index in [1.807, 2.05) is 0 Å². The third-order valence-corrected chi connectivity index (χ3v) is 4.31. The number of hydrogen-bond donors (Lipinski definition) is 1. The van der Waals surface area contributed by atoms with Crippen molar-refractivity contribution < 1.29 is 92.3 Å². The molecule has 29 heavy (non-hydrogen) atoms. The molecule has 1 unspecified atom stereocenters. The van der Waals surface area contributed by atoms with Crippen molar-refractivity contribution in [2.75, 3.05) is 20.5 Å². The number of carbonyl (C=O) groups is 1. The van der Waals surface area contributed by atoms with E-state index in [0.29, 0.717) is 17.7 Å². The van der Waals surface area contributed by atoms with Crippen molar-refractivity contribution in [1.29, 1.82) is 0 Å². The van der Waals surface area contributed by atoms with E-state index in [1.54, 1.807) is 24.3 Å². The van der Waals surface area contributed by atoms with Crippen LogP contribution in [0.1, 0.15) is 57.1 Å². The fourth-order valence-electron chi connectivity index (χ4n) is 2.49. The fraction of sp³-hybridized carbons (Fsp3) is 0.611. The Bertz CT molecular complexity index is 616. The van der Waals surface area contributed by atoms with Gasteiger partial charge in [-0.05, 0) is 24.1 Å². The van der Waals surface area contributed by atoms with Crippen LogP contribution in [0.25, 0.3) is 0 Å². The number of hydrogen-bond acceptors (Lipinski definition) is 7. The molecule has 0 radical (unpaired) electrons. The number of methoxy groups -OCH3 is 1. The van der Waals surface area contributed by atoms with Crippen LogP contribution in [0.5, 0.6) is 5.75 Å². The van der Waals surface area contributed by atoms with Gasteiger partial charge in [-0.2, -0.15) is 0 Å². The minimum atomic E-state index is -5.15. The van der Waals surface area contributed by atoms with Crippen molar-refractivity contribution in [3.05, 3.63) is 29.8 Å². The Morgan fingerprint density at radius 1 is 1.17 bits per heavy atom. The molecule has 0 aliphatic rings. The summed E-state index contributed by atoms with van der Waals surface area (Å²) in [7, 11) is -3.66. The first-order chi connectivity index (χ1) is 12.9.